The summed E-state index contributed by atoms with van der Waals surface area (Å²) in [6, 6.07) is 0. The second kappa shape index (κ2) is 12.4. The maximum Gasteiger partial charge on any atom is 0.303 e. The number of carboxylic acid groups (broad SMARTS) is 1. The van der Waals surface area contributed by atoms with Crippen molar-refractivity contribution in [3.05, 3.63) is 0 Å². The van der Waals surface area contributed by atoms with Gasteiger partial charge in [0.15, 0.2) is 0 Å². The van der Waals surface area contributed by atoms with Crippen molar-refractivity contribution in [2.45, 2.75) is 69.8 Å². The van der Waals surface area contributed by atoms with Crippen LogP contribution in [0, 0.1) is 0 Å². The minimum Gasteiger partial charge on any atom is -0.481 e. The molecule has 25 heavy (non-hydrogen) atoms. The average Bonchev–Trinajstić information content (AvgIpc) is 2.82. The van der Waals surface area contributed by atoms with Gasteiger partial charge < -0.3 is 19.8 Å². The van der Waals surface area contributed by atoms with E-state index in [0.717, 1.165) is 25.7 Å². The molecule has 3 atom stereocenters. The van der Waals surface area contributed by atoms with Crippen molar-refractivity contribution in [2.75, 3.05) is 25.5 Å². The number of ether oxygens (including phenoxy) is 1. The zero-order valence-electron chi connectivity index (χ0n) is 15.0. The van der Waals surface area contributed by atoms with Crippen LogP contribution in [0.3, 0.4) is 0 Å². The summed E-state index contributed by atoms with van der Waals surface area (Å²) >= 11 is 0. The summed E-state index contributed by atoms with van der Waals surface area (Å²) < 4.78 is 17.5. The molecule has 1 saturated heterocycles. The molecule has 0 aromatic rings. The minimum absolute atomic E-state index is 0.0616. The van der Waals surface area contributed by atoms with Crippen molar-refractivity contribution in [1.82, 2.24) is 4.90 Å². The monoisotopic (exact) mass is 377 g/mol. The fourth-order valence-corrected chi connectivity index (χ4v) is 4.36. The molecular formula is C17H31NO6S. The molecule has 0 aromatic heterocycles. The summed E-state index contributed by atoms with van der Waals surface area (Å²) in [5, 5.41) is 18.2. The summed E-state index contributed by atoms with van der Waals surface area (Å²) in [6.45, 7) is 3.42. The second-order valence-electron chi connectivity index (χ2n) is 6.43. The van der Waals surface area contributed by atoms with Crippen molar-refractivity contribution in [3.63, 3.8) is 0 Å². The van der Waals surface area contributed by atoms with E-state index >= 15 is 0 Å². The van der Waals surface area contributed by atoms with Crippen molar-refractivity contribution in [2.24, 2.45) is 0 Å². The molecule has 0 bridgehead atoms. The number of amides is 1. The molecule has 7 nitrogen and oxygen atoms in total. The third-order valence-corrected chi connectivity index (χ3v) is 5.81. The lowest BCUT2D eigenvalue weighted by Gasteiger charge is -2.24. The highest BCUT2D eigenvalue weighted by molar-refractivity contribution is 7.86. The molecule has 146 valence electrons. The van der Waals surface area contributed by atoms with E-state index in [1.54, 1.807) is 4.90 Å². The molecule has 1 amide bonds. The van der Waals surface area contributed by atoms with Crippen molar-refractivity contribution in [3.8, 4) is 0 Å². The molecule has 1 rings (SSSR count). The Bertz CT molecular complexity index is 445. The average molecular weight is 378 g/mol. The van der Waals surface area contributed by atoms with E-state index in [4.69, 9.17) is 9.84 Å². The van der Waals surface area contributed by atoms with Crippen LogP contribution in [0.4, 0.5) is 0 Å². The van der Waals surface area contributed by atoms with E-state index in [1.807, 2.05) is 6.92 Å². The van der Waals surface area contributed by atoms with E-state index in [2.05, 4.69) is 0 Å². The van der Waals surface area contributed by atoms with Crippen LogP contribution in [-0.2, 0) is 25.1 Å². The van der Waals surface area contributed by atoms with Gasteiger partial charge in [0.2, 0.25) is 5.91 Å². The predicted octanol–water partition coefficient (Wildman–Crippen LogP) is 1.51. The topological polar surface area (TPSA) is 104 Å². The number of rotatable bonds is 14. The van der Waals surface area contributed by atoms with Crippen LogP contribution in [0.1, 0.15) is 58.3 Å². The van der Waals surface area contributed by atoms with Crippen LogP contribution >= 0.6 is 0 Å². The Kier molecular flexibility index (Phi) is 10.9. The fourth-order valence-electron chi connectivity index (χ4n) is 2.85. The third kappa shape index (κ3) is 8.78. The Hall–Kier alpha value is -0.990. The number of aliphatic hydroxyl groups is 1. The molecule has 0 aromatic carbocycles. The van der Waals surface area contributed by atoms with Crippen LogP contribution < -0.4 is 0 Å². The van der Waals surface area contributed by atoms with Crippen LogP contribution in [0.25, 0.3) is 0 Å². The van der Waals surface area contributed by atoms with E-state index in [0.29, 0.717) is 32.4 Å². The van der Waals surface area contributed by atoms with Gasteiger partial charge >= 0.3 is 5.97 Å². The number of hydrogen-bond donors (Lipinski definition) is 2. The van der Waals surface area contributed by atoms with Crippen LogP contribution in [0.15, 0.2) is 0 Å². The van der Waals surface area contributed by atoms with E-state index in [-0.39, 0.29) is 30.1 Å². The molecule has 1 fully saturated rings. The molecule has 0 saturated carbocycles. The van der Waals surface area contributed by atoms with Crippen LogP contribution in [0.5, 0.6) is 0 Å². The van der Waals surface area contributed by atoms with Gasteiger partial charge in [-0.05, 0) is 32.1 Å². The molecule has 2 N–H and O–H groups in total. The summed E-state index contributed by atoms with van der Waals surface area (Å²) in [4.78, 5) is 24.2. The lowest BCUT2D eigenvalue weighted by molar-refractivity contribution is -0.137. The molecule has 0 spiro atoms. The highest BCUT2D eigenvalue weighted by Gasteiger charge is 2.36. The second-order valence-corrected chi connectivity index (χ2v) is 8.03. The van der Waals surface area contributed by atoms with Gasteiger partial charge in [0.1, 0.15) is 11.1 Å². The standard InChI is InChI=1S/C17H31NO6S/c1-2-11-24-12-14(19)8-9-16-18(15(20)13-25(16)23)10-6-4-3-5-7-17(21)22/h14,16,19H,2-13H2,1H3,(H,21,22). The maximum atomic E-state index is 12.1. The quantitative estimate of drug-likeness (QED) is 0.445. The Morgan fingerprint density at radius 1 is 1.36 bits per heavy atom. The maximum absolute atomic E-state index is 12.1. The van der Waals surface area contributed by atoms with Gasteiger partial charge in [-0.15, -0.1) is 0 Å². The third-order valence-electron chi connectivity index (χ3n) is 4.18. The first kappa shape index (κ1) is 22.1. The van der Waals surface area contributed by atoms with Gasteiger partial charge in [0.25, 0.3) is 0 Å². The Morgan fingerprint density at radius 2 is 2.08 bits per heavy atom. The number of hydrogen-bond acceptors (Lipinski definition) is 5. The lowest BCUT2D eigenvalue weighted by atomic mass is 10.1. The number of nitrogens with zero attached hydrogens (tertiary/aromatic N) is 1. The molecule has 8 heteroatoms. The van der Waals surface area contributed by atoms with Crippen LogP contribution in [-0.4, -0.2) is 68.2 Å². The van der Waals surface area contributed by atoms with Gasteiger partial charge in [-0.3, -0.25) is 13.8 Å². The van der Waals surface area contributed by atoms with Crippen molar-refractivity contribution in [1.29, 1.82) is 0 Å². The SMILES string of the molecule is CCCOCC(O)CCC1N(CCCCCCC(=O)O)C(=O)CS1=O. The lowest BCUT2D eigenvalue weighted by Crippen LogP contribution is -2.36. The molecule has 1 aliphatic rings. The van der Waals surface area contributed by atoms with E-state index < -0.39 is 22.9 Å². The summed E-state index contributed by atoms with van der Waals surface area (Å²) in [7, 11) is -1.21. The normalized spacial score (nSPS) is 21.7. The first-order valence-electron chi connectivity index (χ1n) is 9.10. The molecule has 1 heterocycles. The molecule has 0 radical (unpaired) electrons. The zero-order valence-corrected chi connectivity index (χ0v) is 15.8. The Balaban J connectivity index is 2.31. The summed E-state index contributed by atoms with van der Waals surface area (Å²) in [5.74, 6) is -0.816. The first-order valence-corrected chi connectivity index (χ1v) is 10.5. The van der Waals surface area contributed by atoms with Gasteiger partial charge in [0, 0.05) is 19.6 Å². The van der Waals surface area contributed by atoms with Gasteiger partial charge in [-0.1, -0.05) is 19.8 Å². The predicted molar refractivity (Wildman–Crippen MR) is 95.6 cm³/mol. The largest absolute Gasteiger partial charge is 0.481 e. The fraction of sp³-hybridized carbons (Fsp3) is 0.882. The van der Waals surface area contributed by atoms with Crippen molar-refractivity contribution < 1.29 is 28.7 Å². The highest BCUT2D eigenvalue weighted by Crippen LogP contribution is 2.21. The number of carbonyl (C=O) groups excluding carboxylic acids is 1. The number of aliphatic carboxylic acids is 1. The Labute approximate surface area is 152 Å². The number of carbonyl (C=O) groups is 2. The van der Waals surface area contributed by atoms with Gasteiger partial charge in [-0.25, -0.2) is 0 Å². The molecule has 1 aliphatic heterocycles. The molecule has 0 aliphatic carbocycles. The molecular weight excluding hydrogens is 346 g/mol. The summed E-state index contributed by atoms with van der Waals surface area (Å²) in [6.07, 6.45) is 4.53. The smallest absolute Gasteiger partial charge is 0.303 e. The molecule has 3 unspecified atom stereocenters. The number of aliphatic hydroxyl groups excluding tert-OH is 1. The first-order chi connectivity index (χ1) is 12.0. The number of carboxylic acids is 1. The van der Waals surface area contributed by atoms with Crippen molar-refractivity contribution >= 4 is 22.7 Å². The highest BCUT2D eigenvalue weighted by atomic mass is 32.2. The number of unbranched alkanes of at least 4 members (excludes halogenated alkanes) is 3. The minimum atomic E-state index is -1.21. The van der Waals surface area contributed by atoms with Gasteiger partial charge in [-0.2, -0.15) is 0 Å². The Morgan fingerprint density at radius 3 is 2.76 bits per heavy atom. The van der Waals surface area contributed by atoms with Gasteiger partial charge in [0.05, 0.1) is 23.5 Å². The summed E-state index contributed by atoms with van der Waals surface area (Å²) in [5.41, 5.74) is 0. The van der Waals surface area contributed by atoms with Crippen LogP contribution in [0.2, 0.25) is 0 Å². The van der Waals surface area contributed by atoms with E-state index in [1.165, 1.54) is 0 Å². The van der Waals surface area contributed by atoms with E-state index in [9.17, 15) is 18.9 Å². The zero-order chi connectivity index (χ0) is 18.7.